The fourth-order valence-electron chi connectivity index (χ4n) is 0.989. The fourth-order valence-corrected chi connectivity index (χ4v) is 2.39. The minimum absolute atomic E-state index is 0.0141. The molecule has 0 spiro atoms. The monoisotopic (exact) mass is 307 g/mol. The van der Waals surface area contributed by atoms with Crippen LogP contribution in [-0.4, -0.2) is 23.0 Å². The standard InChI is InChI=1S/C9H10BrNO4S/c1-2-15-8(12)4-3-6-5-7(10)16-9(6)11(13)14/h3-5,13-14H,2H2,1H3/b4-3+. The lowest BCUT2D eigenvalue weighted by molar-refractivity contribution is -0.137. The quantitative estimate of drug-likeness (QED) is 0.508. The second-order valence-electron chi connectivity index (χ2n) is 2.69. The fraction of sp³-hybridized carbons (Fsp3) is 0.222. The molecular formula is C9H10BrNO4S. The molecule has 0 saturated heterocycles. The molecule has 0 atom stereocenters. The molecule has 0 aliphatic heterocycles. The van der Waals surface area contributed by atoms with Crippen molar-refractivity contribution in [3.63, 3.8) is 0 Å². The summed E-state index contributed by atoms with van der Waals surface area (Å²) in [4.78, 5) is 11.0. The van der Waals surface area contributed by atoms with Gasteiger partial charge in [0.25, 0.3) is 0 Å². The zero-order chi connectivity index (χ0) is 12.1. The number of ether oxygens (including phenoxy) is 1. The van der Waals surface area contributed by atoms with Crippen molar-refractivity contribution in [1.29, 1.82) is 0 Å². The Bertz CT molecular complexity index is 402. The van der Waals surface area contributed by atoms with E-state index < -0.39 is 5.97 Å². The number of carbonyl (C=O) groups is 1. The van der Waals surface area contributed by atoms with Crippen LogP contribution in [0.4, 0.5) is 5.00 Å². The maximum Gasteiger partial charge on any atom is 0.330 e. The lowest BCUT2D eigenvalue weighted by atomic mass is 10.3. The molecule has 88 valence electrons. The van der Waals surface area contributed by atoms with Gasteiger partial charge in [0, 0.05) is 11.6 Å². The van der Waals surface area contributed by atoms with E-state index in [-0.39, 0.29) is 10.2 Å². The molecular weight excluding hydrogens is 298 g/mol. The SMILES string of the molecule is CCOC(=O)/C=C/c1cc(Br)sc1N(O)O. The Hall–Kier alpha value is -0.890. The van der Waals surface area contributed by atoms with Crippen LogP contribution >= 0.6 is 27.3 Å². The van der Waals surface area contributed by atoms with E-state index in [0.717, 1.165) is 15.1 Å². The zero-order valence-electron chi connectivity index (χ0n) is 8.38. The molecule has 0 aliphatic carbocycles. The Kier molecular flexibility index (Phi) is 4.94. The minimum atomic E-state index is -0.474. The molecule has 0 unspecified atom stereocenters. The van der Waals surface area contributed by atoms with E-state index in [4.69, 9.17) is 15.2 Å². The maximum absolute atomic E-state index is 11.0. The summed E-state index contributed by atoms with van der Waals surface area (Å²) in [5.41, 5.74) is 0.509. The molecule has 5 nitrogen and oxygen atoms in total. The number of carbonyl (C=O) groups excluding carboxylic acids is 1. The third-order valence-corrected chi connectivity index (χ3v) is 3.20. The molecule has 1 rings (SSSR count). The van der Waals surface area contributed by atoms with Crippen molar-refractivity contribution < 1.29 is 19.9 Å². The summed E-state index contributed by atoms with van der Waals surface area (Å²) >= 11 is 4.34. The molecule has 0 amide bonds. The third kappa shape index (κ3) is 3.60. The summed E-state index contributed by atoms with van der Waals surface area (Å²) in [6.45, 7) is 2.01. The Morgan fingerprint density at radius 2 is 2.38 bits per heavy atom. The molecule has 0 saturated carbocycles. The summed E-state index contributed by atoms with van der Waals surface area (Å²) in [6.07, 6.45) is 2.68. The van der Waals surface area contributed by atoms with Crippen LogP contribution in [0.5, 0.6) is 0 Å². The highest BCUT2D eigenvalue weighted by Crippen LogP contribution is 2.34. The van der Waals surface area contributed by atoms with E-state index >= 15 is 0 Å². The first-order valence-corrected chi connectivity index (χ1v) is 5.97. The largest absolute Gasteiger partial charge is 0.463 e. The van der Waals surface area contributed by atoms with Gasteiger partial charge in [-0.2, -0.15) is 0 Å². The van der Waals surface area contributed by atoms with Crippen molar-refractivity contribution in [3.8, 4) is 0 Å². The van der Waals surface area contributed by atoms with Gasteiger partial charge < -0.3 is 4.74 Å². The number of hydrogen-bond donors (Lipinski definition) is 2. The number of hydrogen-bond acceptors (Lipinski definition) is 6. The predicted molar refractivity (Wildman–Crippen MR) is 63.7 cm³/mol. The first kappa shape index (κ1) is 13.2. The Morgan fingerprint density at radius 1 is 1.69 bits per heavy atom. The Balaban J connectivity index is 2.84. The van der Waals surface area contributed by atoms with Crippen molar-refractivity contribution >= 4 is 44.3 Å². The number of anilines is 1. The van der Waals surface area contributed by atoms with Gasteiger partial charge in [-0.3, -0.25) is 10.4 Å². The third-order valence-electron chi connectivity index (χ3n) is 1.58. The Morgan fingerprint density at radius 3 is 2.94 bits per heavy atom. The van der Waals surface area contributed by atoms with Crippen molar-refractivity contribution in [3.05, 3.63) is 21.5 Å². The first-order chi connectivity index (χ1) is 7.54. The average Bonchev–Trinajstić information content (AvgIpc) is 2.57. The topological polar surface area (TPSA) is 70.0 Å². The molecule has 0 aromatic carbocycles. The van der Waals surface area contributed by atoms with E-state index in [1.165, 1.54) is 12.2 Å². The van der Waals surface area contributed by atoms with Gasteiger partial charge >= 0.3 is 5.97 Å². The molecule has 2 N–H and O–H groups in total. The number of nitrogens with zero attached hydrogens (tertiary/aromatic N) is 1. The van der Waals surface area contributed by atoms with Crippen LogP contribution in [0.25, 0.3) is 6.08 Å². The minimum Gasteiger partial charge on any atom is -0.463 e. The second kappa shape index (κ2) is 6.00. The number of halogens is 1. The van der Waals surface area contributed by atoms with Crippen LogP contribution in [0, 0.1) is 0 Å². The summed E-state index contributed by atoms with van der Waals surface area (Å²) in [5.74, 6) is -0.474. The van der Waals surface area contributed by atoms with Crippen molar-refractivity contribution in [2.75, 3.05) is 11.8 Å². The van der Waals surface area contributed by atoms with Crippen LogP contribution in [0.1, 0.15) is 12.5 Å². The van der Waals surface area contributed by atoms with Gasteiger partial charge in [-0.05, 0) is 35.0 Å². The summed E-state index contributed by atoms with van der Waals surface area (Å²) < 4.78 is 5.42. The van der Waals surface area contributed by atoms with Gasteiger partial charge in [-0.1, -0.05) is 0 Å². The lowest BCUT2D eigenvalue weighted by Crippen LogP contribution is -2.10. The molecule has 0 fully saturated rings. The van der Waals surface area contributed by atoms with Crippen molar-refractivity contribution in [1.82, 2.24) is 0 Å². The number of rotatable bonds is 4. The van der Waals surface area contributed by atoms with E-state index in [1.54, 1.807) is 13.0 Å². The average molecular weight is 308 g/mol. The van der Waals surface area contributed by atoms with Crippen LogP contribution < -0.4 is 5.23 Å². The zero-order valence-corrected chi connectivity index (χ0v) is 10.8. The smallest absolute Gasteiger partial charge is 0.330 e. The van der Waals surface area contributed by atoms with Gasteiger partial charge in [0.15, 0.2) is 5.00 Å². The second-order valence-corrected chi connectivity index (χ2v) is 5.10. The summed E-state index contributed by atoms with van der Waals surface area (Å²) in [6, 6.07) is 1.66. The van der Waals surface area contributed by atoms with Gasteiger partial charge in [-0.15, -0.1) is 16.6 Å². The van der Waals surface area contributed by atoms with Crippen molar-refractivity contribution in [2.24, 2.45) is 0 Å². The van der Waals surface area contributed by atoms with Gasteiger partial charge in [-0.25, -0.2) is 4.79 Å². The molecule has 1 aromatic heterocycles. The molecule has 0 bridgehead atoms. The highest BCUT2D eigenvalue weighted by Gasteiger charge is 2.10. The molecule has 0 aliphatic rings. The summed E-state index contributed by atoms with van der Waals surface area (Å²) in [7, 11) is 0. The highest BCUT2D eigenvalue weighted by atomic mass is 79.9. The van der Waals surface area contributed by atoms with Gasteiger partial charge in [0.05, 0.1) is 10.4 Å². The first-order valence-electron chi connectivity index (χ1n) is 4.36. The lowest BCUT2D eigenvalue weighted by Gasteiger charge is -2.05. The van der Waals surface area contributed by atoms with E-state index in [0.29, 0.717) is 12.2 Å². The van der Waals surface area contributed by atoms with Gasteiger partial charge in [0.2, 0.25) is 0 Å². The predicted octanol–water partition coefficient (Wildman–Crippen LogP) is 2.67. The van der Waals surface area contributed by atoms with E-state index in [1.807, 2.05) is 0 Å². The normalized spacial score (nSPS) is 10.8. The van der Waals surface area contributed by atoms with E-state index in [9.17, 15) is 4.79 Å². The molecule has 1 heterocycles. The van der Waals surface area contributed by atoms with Crippen LogP contribution in [-0.2, 0) is 9.53 Å². The van der Waals surface area contributed by atoms with E-state index in [2.05, 4.69) is 15.9 Å². The number of esters is 1. The van der Waals surface area contributed by atoms with Crippen molar-refractivity contribution in [2.45, 2.75) is 6.92 Å². The summed E-state index contributed by atoms with van der Waals surface area (Å²) in [5, 5.41) is 18.1. The molecule has 0 radical (unpaired) electrons. The highest BCUT2D eigenvalue weighted by molar-refractivity contribution is 9.11. The molecule has 16 heavy (non-hydrogen) atoms. The van der Waals surface area contributed by atoms with Crippen LogP contribution in [0.15, 0.2) is 15.9 Å². The number of thiophene rings is 1. The Labute approximate surface area is 105 Å². The maximum atomic E-state index is 11.0. The van der Waals surface area contributed by atoms with Crippen LogP contribution in [0.2, 0.25) is 0 Å². The van der Waals surface area contributed by atoms with Gasteiger partial charge in [0.1, 0.15) is 0 Å². The molecule has 7 heteroatoms. The molecule has 1 aromatic rings. The van der Waals surface area contributed by atoms with Crippen LogP contribution in [0.3, 0.4) is 0 Å².